The molecule has 0 saturated heterocycles. The number of hydrogen-bond acceptors (Lipinski definition) is 6. The largest absolute Gasteiger partial charge is 0.497 e. The third-order valence-corrected chi connectivity index (χ3v) is 4.75. The van der Waals surface area contributed by atoms with Crippen molar-refractivity contribution in [1.29, 1.82) is 0 Å². The van der Waals surface area contributed by atoms with Crippen LogP contribution in [0.5, 0.6) is 5.75 Å². The highest BCUT2D eigenvalue weighted by Gasteiger charge is 2.55. The molecule has 2 rings (SSSR count). The highest BCUT2D eigenvalue weighted by Crippen LogP contribution is 2.46. The highest BCUT2D eigenvalue weighted by molar-refractivity contribution is 6.03. The van der Waals surface area contributed by atoms with Gasteiger partial charge in [0.25, 0.3) is 0 Å². The van der Waals surface area contributed by atoms with Gasteiger partial charge in [0.1, 0.15) is 17.5 Å². The van der Waals surface area contributed by atoms with Gasteiger partial charge in [-0.05, 0) is 38.5 Å². The van der Waals surface area contributed by atoms with Gasteiger partial charge in [0.2, 0.25) is 0 Å². The van der Waals surface area contributed by atoms with E-state index in [2.05, 4.69) is 0 Å². The van der Waals surface area contributed by atoms with Crippen molar-refractivity contribution in [2.75, 3.05) is 13.7 Å². The van der Waals surface area contributed by atoms with Crippen LogP contribution in [-0.2, 0) is 19.1 Å². The number of methoxy groups -OCH3 is 1. The number of esters is 1. The van der Waals surface area contributed by atoms with Crippen LogP contribution in [-0.4, -0.2) is 42.0 Å². The van der Waals surface area contributed by atoms with E-state index in [4.69, 9.17) is 9.47 Å². The minimum absolute atomic E-state index is 0.138. The molecule has 0 heterocycles. The first-order chi connectivity index (χ1) is 11.7. The minimum Gasteiger partial charge on any atom is -0.497 e. The third-order valence-electron chi connectivity index (χ3n) is 4.75. The SMILES string of the molecule is CCOC(=O)C1C(=O)CC(C)(O)C(C(C)=O)C1c1ccc(OC)cc1. The van der Waals surface area contributed by atoms with Crippen LogP contribution in [0.1, 0.15) is 38.7 Å². The van der Waals surface area contributed by atoms with Gasteiger partial charge in [0.05, 0.1) is 25.2 Å². The van der Waals surface area contributed by atoms with Crippen molar-refractivity contribution in [1.82, 2.24) is 0 Å². The maximum atomic E-state index is 12.6. The second-order valence-corrected chi connectivity index (χ2v) is 6.62. The van der Waals surface area contributed by atoms with Crippen molar-refractivity contribution in [2.24, 2.45) is 11.8 Å². The van der Waals surface area contributed by atoms with Crippen molar-refractivity contribution >= 4 is 17.5 Å². The Morgan fingerprint density at radius 1 is 1.28 bits per heavy atom. The summed E-state index contributed by atoms with van der Waals surface area (Å²) in [5.41, 5.74) is -0.899. The fraction of sp³-hybridized carbons (Fsp3) is 0.526. The number of Topliss-reactive ketones (excluding diaryl/α,β-unsaturated/α-hetero) is 2. The van der Waals surface area contributed by atoms with Crippen LogP contribution in [0.2, 0.25) is 0 Å². The summed E-state index contributed by atoms with van der Waals surface area (Å²) in [6.07, 6.45) is -0.257. The fourth-order valence-corrected chi connectivity index (χ4v) is 3.76. The number of ether oxygens (including phenoxy) is 2. The summed E-state index contributed by atoms with van der Waals surface area (Å²) in [6, 6.07) is 6.81. The second-order valence-electron chi connectivity index (χ2n) is 6.62. The Labute approximate surface area is 147 Å². The molecule has 1 aliphatic carbocycles. The van der Waals surface area contributed by atoms with Gasteiger partial charge in [-0.25, -0.2) is 0 Å². The van der Waals surface area contributed by atoms with Gasteiger partial charge in [-0.3, -0.25) is 14.4 Å². The molecule has 0 radical (unpaired) electrons. The summed E-state index contributed by atoms with van der Waals surface area (Å²) in [5, 5.41) is 10.7. The molecule has 4 atom stereocenters. The maximum Gasteiger partial charge on any atom is 0.317 e. The zero-order valence-electron chi connectivity index (χ0n) is 14.9. The molecule has 0 spiro atoms. The van der Waals surface area contributed by atoms with E-state index in [1.165, 1.54) is 21.0 Å². The molecule has 1 fully saturated rings. The maximum absolute atomic E-state index is 12.6. The van der Waals surface area contributed by atoms with Gasteiger partial charge in [0, 0.05) is 12.3 Å². The van der Waals surface area contributed by atoms with Crippen molar-refractivity contribution in [3.05, 3.63) is 29.8 Å². The predicted octanol–water partition coefficient (Wildman–Crippen LogP) is 1.89. The first kappa shape index (κ1) is 19.1. The molecule has 4 unspecified atom stereocenters. The monoisotopic (exact) mass is 348 g/mol. The molecular weight excluding hydrogens is 324 g/mol. The molecule has 0 amide bonds. The first-order valence-electron chi connectivity index (χ1n) is 8.29. The van der Waals surface area contributed by atoms with E-state index in [0.29, 0.717) is 11.3 Å². The van der Waals surface area contributed by atoms with Crippen LogP contribution >= 0.6 is 0 Å². The van der Waals surface area contributed by atoms with E-state index in [-0.39, 0.29) is 18.8 Å². The van der Waals surface area contributed by atoms with Gasteiger partial charge in [-0.2, -0.15) is 0 Å². The van der Waals surface area contributed by atoms with Crippen molar-refractivity contribution in [3.8, 4) is 5.75 Å². The minimum atomic E-state index is -1.52. The molecule has 1 N–H and O–H groups in total. The van der Waals surface area contributed by atoms with Crippen molar-refractivity contribution in [2.45, 2.75) is 38.7 Å². The average Bonchev–Trinajstić information content (AvgIpc) is 2.53. The van der Waals surface area contributed by atoms with Crippen LogP contribution in [0.4, 0.5) is 0 Å². The summed E-state index contributed by atoms with van der Waals surface area (Å²) in [4.78, 5) is 37.3. The topological polar surface area (TPSA) is 89.9 Å². The van der Waals surface area contributed by atoms with Gasteiger partial charge >= 0.3 is 5.97 Å². The third kappa shape index (κ3) is 3.74. The molecule has 1 aromatic carbocycles. The first-order valence-corrected chi connectivity index (χ1v) is 8.29. The lowest BCUT2D eigenvalue weighted by atomic mass is 9.60. The van der Waals surface area contributed by atoms with Gasteiger partial charge < -0.3 is 14.6 Å². The zero-order valence-corrected chi connectivity index (χ0v) is 14.9. The Morgan fingerprint density at radius 3 is 2.36 bits per heavy atom. The smallest absolute Gasteiger partial charge is 0.317 e. The summed E-state index contributed by atoms with van der Waals surface area (Å²) in [6.45, 7) is 4.63. The summed E-state index contributed by atoms with van der Waals surface area (Å²) < 4.78 is 10.2. The summed E-state index contributed by atoms with van der Waals surface area (Å²) in [5.74, 6) is -3.50. The van der Waals surface area contributed by atoms with Crippen LogP contribution in [0.25, 0.3) is 0 Å². The molecule has 0 bridgehead atoms. The number of carbonyl (C=O) groups is 3. The molecule has 1 aromatic rings. The van der Waals surface area contributed by atoms with E-state index in [1.807, 2.05) is 0 Å². The van der Waals surface area contributed by atoms with E-state index < -0.39 is 35.1 Å². The van der Waals surface area contributed by atoms with E-state index >= 15 is 0 Å². The van der Waals surface area contributed by atoms with E-state index in [1.54, 1.807) is 31.2 Å². The molecule has 6 nitrogen and oxygen atoms in total. The number of rotatable bonds is 5. The highest BCUT2D eigenvalue weighted by atomic mass is 16.5. The molecule has 136 valence electrons. The molecule has 0 aliphatic heterocycles. The Bertz CT molecular complexity index is 661. The van der Waals surface area contributed by atoms with Crippen LogP contribution in [0, 0.1) is 11.8 Å². The number of hydrogen-bond donors (Lipinski definition) is 1. The Hall–Kier alpha value is -2.21. The van der Waals surface area contributed by atoms with Crippen LogP contribution in [0.3, 0.4) is 0 Å². The van der Waals surface area contributed by atoms with Crippen molar-refractivity contribution in [3.63, 3.8) is 0 Å². The number of carbonyl (C=O) groups excluding carboxylic acids is 3. The lowest BCUT2D eigenvalue weighted by Crippen LogP contribution is -2.54. The molecular formula is C19H24O6. The number of benzene rings is 1. The quantitative estimate of drug-likeness (QED) is 0.645. The molecule has 1 saturated carbocycles. The van der Waals surface area contributed by atoms with Gasteiger partial charge in [0.15, 0.2) is 5.78 Å². The van der Waals surface area contributed by atoms with Gasteiger partial charge in [-0.15, -0.1) is 0 Å². The van der Waals surface area contributed by atoms with Gasteiger partial charge in [-0.1, -0.05) is 12.1 Å². The number of aliphatic hydroxyl groups is 1. The van der Waals surface area contributed by atoms with E-state index in [9.17, 15) is 19.5 Å². The fourth-order valence-electron chi connectivity index (χ4n) is 3.76. The molecule has 0 aromatic heterocycles. The normalized spacial score (nSPS) is 29.2. The second kappa shape index (κ2) is 7.35. The van der Waals surface area contributed by atoms with E-state index in [0.717, 1.165) is 0 Å². The Kier molecular flexibility index (Phi) is 5.62. The Morgan fingerprint density at radius 2 is 1.88 bits per heavy atom. The lowest BCUT2D eigenvalue weighted by molar-refractivity contribution is -0.162. The molecule has 6 heteroatoms. The van der Waals surface area contributed by atoms with Crippen LogP contribution in [0.15, 0.2) is 24.3 Å². The summed E-state index contributed by atoms with van der Waals surface area (Å²) >= 11 is 0. The lowest BCUT2D eigenvalue weighted by Gasteiger charge is -2.44. The van der Waals surface area contributed by atoms with Crippen molar-refractivity contribution < 1.29 is 29.0 Å². The predicted molar refractivity (Wildman–Crippen MR) is 90.3 cm³/mol. The molecule has 1 aliphatic rings. The van der Waals surface area contributed by atoms with Crippen LogP contribution < -0.4 is 4.74 Å². The summed E-state index contributed by atoms with van der Waals surface area (Å²) in [7, 11) is 1.53. The standard InChI is InChI=1S/C19H24O6/c1-5-25-18(22)16-14(21)10-19(3,23)17(11(2)20)15(16)12-6-8-13(24-4)9-7-12/h6-9,15-17,23H,5,10H2,1-4H3. The number of ketones is 2. The zero-order chi connectivity index (χ0) is 18.8. The Balaban J connectivity index is 2.57. The average molecular weight is 348 g/mol. The molecule has 25 heavy (non-hydrogen) atoms.